The van der Waals surface area contributed by atoms with Crippen LogP contribution in [0.15, 0.2) is 30.7 Å². The van der Waals surface area contributed by atoms with Gasteiger partial charge in [-0.1, -0.05) is 6.07 Å². The summed E-state index contributed by atoms with van der Waals surface area (Å²) in [5.74, 6) is 0.895. The SMILES string of the molecule is Cc1ncc(CN(C)C)c(C2CCCN2C(=O)Cc2cccnc2)n1. The van der Waals surface area contributed by atoms with Gasteiger partial charge in [-0.2, -0.15) is 0 Å². The molecular weight excluding hydrogens is 314 g/mol. The average molecular weight is 339 g/mol. The summed E-state index contributed by atoms with van der Waals surface area (Å²) in [6.45, 7) is 3.46. The van der Waals surface area contributed by atoms with Gasteiger partial charge in [0, 0.05) is 37.2 Å². The van der Waals surface area contributed by atoms with Crippen LogP contribution < -0.4 is 0 Å². The lowest BCUT2D eigenvalue weighted by atomic mass is 10.0. The fourth-order valence-electron chi connectivity index (χ4n) is 3.39. The molecule has 1 amide bonds. The van der Waals surface area contributed by atoms with Crippen molar-refractivity contribution < 1.29 is 4.79 Å². The van der Waals surface area contributed by atoms with Crippen molar-refractivity contribution in [2.24, 2.45) is 0 Å². The number of nitrogens with zero attached hydrogens (tertiary/aromatic N) is 5. The molecule has 1 atom stereocenters. The molecule has 1 fully saturated rings. The van der Waals surface area contributed by atoms with Crippen molar-refractivity contribution in [1.29, 1.82) is 0 Å². The monoisotopic (exact) mass is 339 g/mol. The van der Waals surface area contributed by atoms with Gasteiger partial charge >= 0.3 is 0 Å². The highest BCUT2D eigenvalue weighted by molar-refractivity contribution is 5.79. The molecule has 6 nitrogen and oxygen atoms in total. The Balaban J connectivity index is 1.84. The van der Waals surface area contributed by atoms with Crippen LogP contribution in [0.25, 0.3) is 0 Å². The first-order valence-electron chi connectivity index (χ1n) is 8.70. The summed E-state index contributed by atoms with van der Waals surface area (Å²) in [5, 5.41) is 0. The first-order chi connectivity index (χ1) is 12.0. The molecule has 1 unspecified atom stereocenters. The predicted octanol–water partition coefficient (Wildman–Crippen LogP) is 2.15. The summed E-state index contributed by atoms with van der Waals surface area (Å²) in [4.78, 5) is 30.1. The summed E-state index contributed by atoms with van der Waals surface area (Å²) in [6.07, 6.45) is 7.74. The third-order valence-corrected chi connectivity index (χ3v) is 4.47. The van der Waals surface area contributed by atoms with Crippen LogP contribution in [0, 0.1) is 6.92 Å². The molecule has 2 aromatic heterocycles. The second kappa shape index (κ2) is 7.70. The largest absolute Gasteiger partial charge is 0.334 e. The van der Waals surface area contributed by atoms with E-state index in [0.29, 0.717) is 6.42 Å². The molecule has 0 N–H and O–H groups in total. The fraction of sp³-hybridized carbons (Fsp3) is 0.474. The summed E-state index contributed by atoms with van der Waals surface area (Å²) >= 11 is 0. The molecule has 25 heavy (non-hydrogen) atoms. The number of carbonyl (C=O) groups is 1. The zero-order valence-electron chi connectivity index (χ0n) is 15.1. The Morgan fingerprint density at radius 2 is 2.20 bits per heavy atom. The first kappa shape index (κ1) is 17.5. The second-order valence-corrected chi connectivity index (χ2v) is 6.85. The van der Waals surface area contributed by atoms with Crippen molar-refractivity contribution in [1.82, 2.24) is 24.8 Å². The predicted molar refractivity (Wildman–Crippen MR) is 95.8 cm³/mol. The number of hydrogen-bond acceptors (Lipinski definition) is 5. The fourth-order valence-corrected chi connectivity index (χ4v) is 3.39. The normalized spacial score (nSPS) is 17.3. The number of carbonyl (C=O) groups excluding carboxylic acids is 1. The first-order valence-corrected chi connectivity index (χ1v) is 8.70. The van der Waals surface area contributed by atoms with E-state index < -0.39 is 0 Å². The molecule has 3 rings (SSSR count). The van der Waals surface area contributed by atoms with Crippen molar-refractivity contribution >= 4 is 5.91 Å². The summed E-state index contributed by atoms with van der Waals surface area (Å²) in [6, 6.07) is 3.86. The van der Waals surface area contributed by atoms with Crippen molar-refractivity contribution in [3.8, 4) is 0 Å². The van der Waals surface area contributed by atoms with Gasteiger partial charge in [-0.25, -0.2) is 9.97 Å². The standard InChI is InChI=1S/C19H25N5O/c1-14-21-12-16(13-23(2)3)19(22-14)17-7-5-9-24(17)18(25)10-15-6-4-8-20-11-15/h4,6,8,11-12,17H,5,7,9-10,13H2,1-3H3. The molecule has 0 bridgehead atoms. The molecular formula is C19H25N5O. The molecule has 1 saturated heterocycles. The summed E-state index contributed by atoms with van der Waals surface area (Å²) < 4.78 is 0. The van der Waals surface area contributed by atoms with Gasteiger partial charge in [-0.15, -0.1) is 0 Å². The van der Waals surface area contributed by atoms with Crippen molar-refractivity contribution in [2.45, 2.75) is 38.8 Å². The van der Waals surface area contributed by atoms with Gasteiger partial charge in [0.2, 0.25) is 5.91 Å². The van der Waals surface area contributed by atoms with E-state index in [9.17, 15) is 4.79 Å². The Labute approximate surface area is 148 Å². The minimum Gasteiger partial charge on any atom is -0.334 e. The Kier molecular flexibility index (Phi) is 5.38. The van der Waals surface area contributed by atoms with Crippen LogP contribution in [0.1, 0.15) is 41.5 Å². The molecule has 0 radical (unpaired) electrons. The minimum absolute atomic E-state index is 0.0424. The van der Waals surface area contributed by atoms with E-state index in [2.05, 4.69) is 14.9 Å². The van der Waals surface area contributed by atoms with Gasteiger partial charge in [-0.3, -0.25) is 9.78 Å². The molecule has 132 valence electrons. The summed E-state index contributed by atoms with van der Waals surface area (Å²) in [7, 11) is 4.06. The third kappa shape index (κ3) is 4.20. The molecule has 0 spiro atoms. The average Bonchev–Trinajstić information content (AvgIpc) is 3.06. The Hall–Kier alpha value is -2.34. The Bertz CT molecular complexity index is 732. The van der Waals surface area contributed by atoms with E-state index in [0.717, 1.165) is 48.6 Å². The molecule has 0 saturated carbocycles. The van der Waals surface area contributed by atoms with Gasteiger partial charge in [-0.05, 0) is 45.5 Å². The number of likely N-dealkylation sites (tertiary alicyclic amines) is 1. The lowest BCUT2D eigenvalue weighted by Crippen LogP contribution is -2.33. The number of aryl methyl sites for hydroxylation is 1. The minimum atomic E-state index is 0.0424. The van der Waals surface area contributed by atoms with Crippen molar-refractivity contribution in [3.05, 3.63) is 53.4 Å². The highest BCUT2D eigenvalue weighted by Crippen LogP contribution is 2.33. The maximum Gasteiger partial charge on any atom is 0.227 e. The molecule has 1 aliphatic heterocycles. The van der Waals surface area contributed by atoms with Crippen molar-refractivity contribution in [2.75, 3.05) is 20.6 Å². The quantitative estimate of drug-likeness (QED) is 0.835. The molecule has 6 heteroatoms. The molecule has 2 aromatic rings. The van der Waals surface area contributed by atoms with Crippen LogP contribution in [0.3, 0.4) is 0 Å². The molecule has 0 aliphatic carbocycles. The zero-order valence-corrected chi connectivity index (χ0v) is 15.1. The highest BCUT2D eigenvalue weighted by Gasteiger charge is 2.32. The van der Waals surface area contributed by atoms with E-state index in [4.69, 9.17) is 4.98 Å². The van der Waals surface area contributed by atoms with Crippen LogP contribution in [-0.4, -0.2) is 51.3 Å². The smallest absolute Gasteiger partial charge is 0.227 e. The maximum atomic E-state index is 12.9. The zero-order chi connectivity index (χ0) is 17.8. The lowest BCUT2D eigenvalue weighted by molar-refractivity contribution is -0.131. The van der Waals surface area contributed by atoms with Crippen LogP contribution >= 0.6 is 0 Å². The molecule has 3 heterocycles. The third-order valence-electron chi connectivity index (χ3n) is 4.47. The van der Waals surface area contributed by atoms with E-state index in [1.807, 2.05) is 44.2 Å². The van der Waals surface area contributed by atoms with E-state index in [1.54, 1.807) is 12.4 Å². The van der Waals surface area contributed by atoms with E-state index in [1.165, 1.54) is 0 Å². The van der Waals surface area contributed by atoms with Crippen LogP contribution in [0.2, 0.25) is 0 Å². The number of pyridine rings is 1. The molecule has 0 aromatic carbocycles. The van der Waals surface area contributed by atoms with Gasteiger partial charge < -0.3 is 9.80 Å². The van der Waals surface area contributed by atoms with Crippen LogP contribution in [-0.2, 0) is 17.8 Å². The number of amides is 1. The summed E-state index contributed by atoms with van der Waals surface area (Å²) in [5.41, 5.74) is 3.05. The Morgan fingerprint density at radius 1 is 1.36 bits per heavy atom. The van der Waals surface area contributed by atoms with E-state index in [-0.39, 0.29) is 11.9 Å². The van der Waals surface area contributed by atoms with Crippen molar-refractivity contribution in [3.63, 3.8) is 0 Å². The van der Waals surface area contributed by atoms with Gasteiger partial charge in [0.05, 0.1) is 18.2 Å². The topological polar surface area (TPSA) is 62.2 Å². The lowest BCUT2D eigenvalue weighted by Gasteiger charge is -2.27. The van der Waals surface area contributed by atoms with Crippen LogP contribution in [0.4, 0.5) is 0 Å². The van der Waals surface area contributed by atoms with E-state index >= 15 is 0 Å². The number of hydrogen-bond donors (Lipinski definition) is 0. The van der Waals surface area contributed by atoms with Gasteiger partial charge in [0.25, 0.3) is 0 Å². The number of aromatic nitrogens is 3. The van der Waals surface area contributed by atoms with Gasteiger partial charge in [0.15, 0.2) is 0 Å². The maximum absolute atomic E-state index is 12.9. The highest BCUT2D eigenvalue weighted by atomic mass is 16.2. The second-order valence-electron chi connectivity index (χ2n) is 6.85. The van der Waals surface area contributed by atoms with Crippen LogP contribution in [0.5, 0.6) is 0 Å². The molecule has 1 aliphatic rings. The van der Waals surface area contributed by atoms with Gasteiger partial charge in [0.1, 0.15) is 5.82 Å². The Morgan fingerprint density at radius 3 is 2.92 bits per heavy atom. The number of rotatable bonds is 5.